The molecule has 14 heteroatoms. The second-order valence-electron chi connectivity index (χ2n) is 1.33. The number of hydrogen-bond donors (Lipinski definition) is 0. The average Bonchev–Trinajstić information content (AvgIpc) is 1.58. The van der Waals surface area contributed by atoms with Crippen molar-refractivity contribution in [2.24, 2.45) is 0 Å². The first-order chi connectivity index (χ1) is 4.77. The Balaban J connectivity index is -0.00000000931. The molecular weight excluding hydrogens is 318 g/mol. The molecule has 0 fully saturated rings. The van der Waals surface area contributed by atoms with E-state index in [9.17, 15) is 4.79 Å². The molecule has 0 unspecified atom stereocenters. The molecule has 0 saturated heterocycles. The molecule has 0 rings (SSSR count). The maximum absolute atomic E-state index is 9.82. The zero-order valence-electron chi connectivity index (χ0n) is 10.6. The molecule has 0 amide bonds. The van der Waals surface area contributed by atoms with Crippen molar-refractivity contribution in [1.82, 2.24) is 0 Å². The van der Waals surface area contributed by atoms with Gasteiger partial charge in [-0.1, -0.05) is 0 Å². The van der Waals surface area contributed by atoms with Crippen LogP contribution in [0.15, 0.2) is 0 Å². The Morgan fingerprint density at radius 3 is 1.28 bits per heavy atom. The summed E-state index contributed by atoms with van der Waals surface area (Å²) in [5, 5.41) is 0. The van der Waals surface area contributed by atoms with E-state index in [1.165, 1.54) is 6.92 Å². The van der Waals surface area contributed by atoms with Crippen LogP contribution in [0.25, 0.3) is 0 Å². The van der Waals surface area contributed by atoms with Gasteiger partial charge < -0.3 is 41.2 Å². The Bertz CT molecular complexity index is 200. The van der Waals surface area contributed by atoms with Crippen molar-refractivity contribution >= 4 is 26.2 Å². The van der Waals surface area contributed by atoms with Crippen molar-refractivity contribution in [3.05, 3.63) is 0 Å². The van der Waals surface area contributed by atoms with Gasteiger partial charge in [0.2, 0.25) is 0 Å². The third-order valence-electron chi connectivity index (χ3n) is 0.348. The molecule has 0 aromatic rings. The Hall–Kier alpha value is 1.56. The Labute approximate surface area is 154 Å². The number of rotatable bonds is 1. The van der Waals surface area contributed by atoms with Crippen molar-refractivity contribution in [2.45, 2.75) is 13.8 Å². The zero-order valence-corrected chi connectivity index (χ0v) is 16.2. The molecule has 108 valence electrons. The molecule has 0 aliphatic heterocycles. The van der Waals surface area contributed by atoms with Gasteiger partial charge in [-0.25, -0.2) is 0 Å². The largest absolute Gasteiger partial charge is 1.00 e. The first-order valence-corrected chi connectivity index (χ1v) is 4.90. The molecule has 0 atom stereocenters. The van der Waals surface area contributed by atoms with Crippen molar-refractivity contribution in [3.8, 4) is 0 Å². The number of hydrogen-bond acceptors (Lipinski definition) is 6. The normalized spacial score (nSPS) is 5.78. The van der Waals surface area contributed by atoms with Gasteiger partial charge in [0, 0.05) is 6.92 Å². The number of ether oxygens (including phenoxy) is 1. The Kier molecular flexibility index (Phi) is 122. The number of carbonyl (C=O) groups excluding carboxylic acids is 1. The van der Waals surface area contributed by atoms with E-state index in [1.807, 2.05) is 0 Å². The van der Waals surface area contributed by atoms with Gasteiger partial charge in [-0.15, -0.1) is 9.05 Å². The fourth-order valence-electron chi connectivity index (χ4n) is 0.203. The molecule has 0 heterocycles. The molecule has 0 spiro atoms. The molecule has 10 nitrogen and oxygen atoms in total. The summed E-state index contributed by atoms with van der Waals surface area (Å²) in [6.07, 6.45) is 0. The quantitative estimate of drug-likeness (QED) is 0.331. The van der Waals surface area contributed by atoms with Crippen LogP contribution in [0.3, 0.4) is 0 Å². The first kappa shape index (κ1) is 60.4. The van der Waals surface area contributed by atoms with E-state index < -0.39 is 9.05 Å². The van der Waals surface area contributed by atoms with Gasteiger partial charge in [0.05, 0.1) is 6.61 Å². The minimum Gasteiger partial charge on any atom is -0.780 e. The molecule has 0 aliphatic rings. The third kappa shape index (κ3) is 232. The van der Waals surface area contributed by atoms with Crippen LogP contribution in [0.4, 0.5) is 0 Å². The smallest absolute Gasteiger partial charge is 0.780 e. The summed E-state index contributed by atoms with van der Waals surface area (Å²) in [5.74, 6) is -0.211. The van der Waals surface area contributed by atoms with Crippen LogP contribution >= 0.6 is 0 Å². The fraction of sp³-hybridized carbons (Fsp3) is 0.750. The van der Waals surface area contributed by atoms with E-state index >= 15 is 0 Å². The monoisotopic (exact) mass is 336 g/mol. The van der Waals surface area contributed by atoms with E-state index in [-0.39, 0.29) is 92.5 Å². The zero-order chi connectivity index (χ0) is 9.49. The summed E-state index contributed by atoms with van der Waals surface area (Å²) in [4.78, 5) is 9.82. The Morgan fingerprint density at radius 1 is 1.11 bits per heavy atom. The van der Waals surface area contributed by atoms with Gasteiger partial charge in [-0.2, -0.15) is 0 Å². The number of carbonyl (C=O) groups is 1. The summed E-state index contributed by atoms with van der Waals surface area (Å²) >= 11 is 3.24. The summed E-state index contributed by atoms with van der Waals surface area (Å²) in [5.41, 5.74) is 0. The summed E-state index contributed by atoms with van der Waals surface area (Å²) in [6.45, 7) is 3.65. The van der Waals surface area contributed by atoms with Crippen molar-refractivity contribution in [2.75, 3.05) is 6.61 Å². The standard InChI is InChI=1S/C4H8O2.2Na.H2O3S2.5H2O/c1-3-6-4(2)5;;;1-5(2,3)4;;;;;/h3H2,1-2H3;;;(H2,1,2,3,4);5*1H2/q;2*+1;;;;;;/p-2. The first-order valence-electron chi connectivity index (χ1n) is 2.57. The molecule has 0 aliphatic carbocycles. The molecular formula is C4H18Na2O10S2. The average molecular weight is 336 g/mol. The fourth-order valence-corrected chi connectivity index (χ4v) is 0.203. The van der Waals surface area contributed by atoms with Crippen LogP contribution < -0.4 is 59.1 Å². The summed E-state index contributed by atoms with van der Waals surface area (Å²) < 4.78 is 31.1. The van der Waals surface area contributed by atoms with Gasteiger partial charge in [0.1, 0.15) is 0 Å². The van der Waals surface area contributed by atoms with E-state index in [0.717, 1.165) is 0 Å². The van der Waals surface area contributed by atoms with Crippen molar-refractivity contribution in [1.29, 1.82) is 0 Å². The number of esters is 1. The van der Waals surface area contributed by atoms with E-state index in [1.54, 1.807) is 6.92 Å². The van der Waals surface area contributed by atoms with Crippen LogP contribution in [-0.2, 0) is 29.8 Å². The van der Waals surface area contributed by atoms with Crippen LogP contribution in [-0.4, -0.2) is 53.3 Å². The summed E-state index contributed by atoms with van der Waals surface area (Å²) in [7, 11) is -4.33. The van der Waals surface area contributed by atoms with Crippen molar-refractivity contribution in [3.63, 3.8) is 0 Å². The van der Waals surface area contributed by atoms with Crippen LogP contribution in [0, 0.1) is 0 Å². The van der Waals surface area contributed by atoms with E-state index in [4.69, 9.17) is 13.3 Å². The molecule has 0 aromatic carbocycles. The van der Waals surface area contributed by atoms with E-state index in [2.05, 4.69) is 15.9 Å². The van der Waals surface area contributed by atoms with Crippen LogP contribution in [0.5, 0.6) is 0 Å². The molecule has 18 heavy (non-hydrogen) atoms. The van der Waals surface area contributed by atoms with Gasteiger partial charge in [0.25, 0.3) is 0 Å². The van der Waals surface area contributed by atoms with E-state index in [0.29, 0.717) is 6.61 Å². The third-order valence-corrected chi connectivity index (χ3v) is 0.348. The minimum atomic E-state index is -4.33. The second kappa shape index (κ2) is 36.3. The molecule has 0 bridgehead atoms. The maximum atomic E-state index is 9.82. The predicted molar refractivity (Wildman–Crippen MR) is 57.4 cm³/mol. The van der Waals surface area contributed by atoms with Gasteiger partial charge >= 0.3 is 65.1 Å². The van der Waals surface area contributed by atoms with Gasteiger partial charge in [-0.05, 0) is 18.1 Å². The minimum absolute atomic E-state index is 0. The molecule has 0 radical (unpaired) electrons. The molecule has 0 aromatic heterocycles. The second-order valence-corrected chi connectivity index (χ2v) is 3.37. The summed E-state index contributed by atoms with van der Waals surface area (Å²) in [6, 6.07) is 0. The van der Waals surface area contributed by atoms with Gasteiger partial charge in [-0.3, -0.25) is 9.00 Å². The predicted octanol–water partition coefficient (Wildman–Crippen LogP) is -10.6. The maximum Gasteiger partial charge on any atom is 1.00 e. The van der Waals surface area contributed by atoms with Crippen LogP contribution in [0.2, 0.25) is 0 Å². The SMILES string of the molecule is CCOC(C)=O.O.O.O.O.O.O=S([O-])([O-])=S.[Na+].[Na+]. The molecule has 0 saturated carbocycles. The van der Waals surface area contributed by atoms with Crippen LogP contribution in [0.1, 0.15) is 13.8 Å². The van der Waals surface area contributed by atoms with Gasteiger partial charge in [0.15, 0.2) is 0 Å². The topological polar surface area (TPSA) is 247 Å². The van der Waals surface area contributed by atoms with Crippen molar-refractivity contribution < 1.29 is 109 Å². The molecule has 10 N–H and O–H groups in total. The Morgan fingerprint density at radius 2 is 1.28 bits per heavy atom.